The van der Waals surface area contributed by atoms with Crippen LogP contribution < -0.4 is 5.43 Å². The Labute approximate surface area is 116 Å². The van der Waals surface area contributed by atoms with Crippen molar-refractivity contribution in [2.45, 2.75) is 13.8 Å². The fraction of sp³-hybridized carbons (Fsp3) is 0.143. The molecule has 5 heteroatoms. The average Bonchev–Trinajstić information content (AvgIpc) is 2.82. The molecule has 0 saturated heterocycles. The van der Waals surface area contributed by atoms with Crippen LogP contribution in [0.5, 0.6) is 0 Å². The number of furan rings is 1. The van der Waals surface area contributed by atoms with Gasteiger partial charge in [0.2, 0.25) is 0 Å². The van der Waals surface area contributed by atoms with Crippen LogP contribution in [0.3, 0.4) is 0 Å². The molecule has 2 rings (SSSR count). The number of carbonyl (C=O) groups excluding carboxylic acids is 1. The summed E-state index contributed by atoms with van der Waals surface area (Å²) in [6.45, 7) is 3.61. The van der Waals surface area contributed by atoms with Crippen molar-refractivity contribution in [1.82, 2.24) is 5.43 Å². The molecule has 0 saturated carbocycles. The minimum Gasteiger partial charge on any atom is -0.460 e. The lowest BCUT2D eigenvalue weighted by atomic mass is 10.2. The highest BCUT2D eigenvalue weighted by atomic mass is 35.5. The Kier molecular flexibility index (Phi) is 4.02. The van der Waals surface area contributed by atoms with Gasteiger partial charge in [0.05, 0.1) is 0 Å². The first-order chi connectivity index (χ1) is 9.06. The van der Waals surface area contributed by atoms with E-state index in [0.717, 1.165) is 5.76 Å². The van der Waals surface area contributed by atoms with Crippen LogP contribution in [0.15, 0.2) is 45.9 Å². The van der Waals surface area contributed by atoms with Crippen LogP contribution in [0, 0.1) is 6.92 Å². The molecule has 4 nitrogen and oxygen atoms in total. The number of hydrogen-bond donors (Lipinski definition) is 1. The Hall–Kier alpha value is -2.07. The maximum absolute atomic E-state index is 11.8. The van der Waals surface area contributed by atoms with Gasteiger partial charge in [0.25, 0.3) is 5.91 Å². The summed E-state index contributed by atoms with van der Waals surface area (Å²) in [7, 11) is 0. The van der Waals surface area contributed by atoms with Crippen molar-refractivity contribution in [2.24, 2.45) is 5.10 Å². The predicted octanol–water partition coefficient (Wildman–Crippen LogP) is 3.40. The third kappa shape index (κ3) is 3.45. The number of halogens is 1. The summed E-state index contributed by atoms with van der Waals surface area (Å²) in [6.07, 6.45) is 0. The van der Waals surface area contributed by atoms with Gasteiger partial charge in [-0.1, -0.05) is 17.7 Å². The van der Waals surface area contributed by atoms with E-state index < -0.39 is 0 Å². The molecule has 0 fully saturated rings. The van der Waals surface area contributed by atoms with Gasteiger partial charge < -0.3 is 4.42 Å². The summed E-state index contributed by atoms with van der Waals surface area (Å²) in [4.78, 5) is 11.8. The van der Waals surface area contributed by atoms with Gasteiger partial charge in [-0.25, -0.2) is 5.43 Å². The fourth-order valence-corrected chi connectivity index (χ4v) is 1.70. The Morgan fingerprint density at radius 3 is 2.74 bits per heavy atom. The van der Waals surface area contributed by atoms with Gasteiger partial charge in [-0.2, -0.15) is 5.10 Å². The molecule has 1 aromatic carbocycles. The van der Waals surface area contributed by atoms with Crippen molar-refractivity contribution >= 4 is 23.2 Å². The third-order valence-corrected chi connectivity index (χ3v) is 2.74. The van der Waals surface area contributed by atoms with Crippen molar-refractivity contribution in [1.29, 1.82) is 0 Å². The van der Waals surface area contributed by atoms with Crippen LogP contribution in [-0.2, 0) is 0 Å². The molecule has 0 atom stereocenters. The minimum atomic E-state index is -0.315. The number of carbonyl (C=O) groups is 1. The first-order valence-corrected chi connectivity index (χ1v) is 6.11. The molecule has 0 aliphatic heterocycles. The lowest BCUT2D eigenvalue weighted by Crippen LogP contribution is -2.19. The van der Waals surface area contributed by atoms with Gasteiger partial charge in [0.15, 0.2) is 0 Å². The number of nitrogens with one attached hydrogen (secondary N) is 1. The average molecular weight is 277 g/mol. The van der Waals surface area contributed by atoms with Crippen molar-refractivity contribution in [2.75, 3.05) is 0 Å². The summed E-state index contributed by atoms with van der Waals surface area (Å²) in [6, 6.07) is 10.3. The van der Waals surface area contributed by atoms with Crippen molar-refractivity contribution < 1.29 is 9.21 Å². The summed E-state index contributed by atoms with van der Waals surface area (Å²) in [5.41, 5.74) is 3.52. The van der Waals surface area contributed by atoms with E-state index in [1.165, 1.54) is 0 Å². The van der Waals surface area contributed by atoms with Crippen LogP contribution in [0.1, 0.15) is 28.8 Å². The highest BCUT2D eigenvalue weighted by Gasteiger charge is 2.06. The minimum absolute atomic E-state index is 0.315. The number of amides is 1. The van der Waals surface area contributed by atoms with Crippen molar-refractivity contribution in [3.05, 3.63) is 58.5 Å². The maximum atomic E-state index is 11.8. The number of hydrogen-bond acceptors (Lipinski definition) is 3. The molecular formula is C14H13ClN2O2. The van der Waals surface area contributed by atoms with Gasteiger partial charge in [-0.3, -0.25) is 4.79 Å². The quantitative estimate of drug-likeness (QED) is 0.690. The van der Waals surface area contributed by atoms with Crippen LogP contribution in [0.25, 0.3) is 0 Å². The Bertz CT molecular complexity index is 632. The molecule has 0 spiro atoms. The van der Waals surface area contributed by atoms with E-state index in [-0.39, 0.29) is 5.91 Å². The Balaban J connectivity index is 2.07. The van der Waals surface area contributed by atoms with Crippen molar-refractivity contribution in [3.8, 4) is 0 Å². The molecule has 0 aliphatic rings. The number of benzene rings is 1. The van der Waals surface area contributed by atoms with Crippen LogP contribution in [-0.4, -0.2) is 11.6 Å². The molecular weight excluding hydrogens is 264 g/mol. The maximum Gasteiger partial charge on any atom is 0.271 e. The van der Waals surface area contributed by atoms with Crippen molar-refractivity contribution in [3.63, 3.8) is 0 Å². The van der Waals surface area contributed by atoms with E-state index in [1.54, 1.807) is 37.3 Å². The lowest BCUT2D eigenvalue weighted by Gasteiger charge is -2.01. The molecule has 1 amide bonds. The Morgan fingerprint density at radius 2 is 2.11 bits per heavy atom. The van der Waals surface area contributed by atoms with Gasteiger partial charge >= 0.3 is 0 Å². The summed E-state index contributed by atoms with van der Waals surface area (Å²) in [5.74, 6) is 1.11. The molecule has 1 N–H and O–H groups in total. The van der Waals surface area contributed by atoms with Gasteiger partial charge in [0.1, 0.15) is 17.2 Å². The molecule has 98 valence electrons. The molecule has 19 heavy (non-hydrogen) atoms. The van der Waals surface area contributed by atoms with E-state index in [9.17, 15) is 4.79 Å². The first-order valence-electron chi connectivity index (χ1n) is 5.73. The number of hydrazone groups is 1. The SMILES string of the molecule is C/C(=N\NC(=O)c1cccc(Cl)c1)c1ccc(C)o1. The fourth-order valence-electron chi connectivity index (χ4n) is 1.51. The first kappa shape index (κ1) is 13.4. The molecule has 0 unspecified atom stereocenters. The summed E-state index contributed by atoms with van der Waals surface area (Å²) < 4.78 is 5.40. The zero-order valence-corrected chi connectivity index (χ0v) is 11.4. The van der Waals surface area contributed by atoms with Gasteiger partial charge in [-0.05, 0) is 44.2 Å². The summed E-state index contributed by atoms with van der Waals surface area (Å²) in [5, 5.41) is 4.50. The third-order valence-electron chi connectivity index (χ3n) is 2.51. The normalized spacial score (nSPS) is 11.4. The van der Waals surface area contributed by atoms with Crippen LogP contribution >= 0.6 is 11.6 Å². The lowest BCUT2D eigenvalue weighted by molar-refractivity contribution is 0.0955. The second-order valence-corrected chi connectivity index (χ2v) is 4.50. The van der Waals surface area contributed by atoms with Gasteiger partial charge in [0, 0.05) is 10.6 Å². The Morgan fingerprint density at radius 1 is 1.32 bits per heavy atom. The topological polar surface area (TPSA) is 54.6 Å². The van der Waals surface area contributed by atoms with E-state index in [4.69, 9.17) is 16.0 Å². The van der Waals surface area contributed by atoms with Gasteiger partial charge in [-0.15, -0.1) is 0 Å². The number of rotatable bonds is 3. The highest BCUT2D eigenvalue weighted by Crippen LogP contribution is 2.11. The summed E-state index contributed by atoms with van der Waals surface area (Å²) >= 11 is 5.82. The number of nitrogens with zero attached hydrogens (tertiary/aromatic N) is 1. The smallest absolute Gasteiger partial charge is 0.271 e. The highest BCUT2D eigenvalue weighted by molar-refractivity contribution is 6.30. The zero-order chi connectivity index (χ0) is 13.8. The number of aryl methyl sites for hydroxylation is 1. The molecule has 2 aromatic rings. The molecule has 0 bridgehead atoms. The molecule has 0 aliphatic carbocycles. The molecule has 1 aromatic heterocycles. The van der Waals surface area contributed by atoms with Crippen LogP contribution in [0.2, 0.25) is 5.02 Å². The largest absolute Gasteiger partial charge is 0.460 e. The van der Waals surface area contributed by atoms with E-state index >= 15 is 0 Å². The monoisotopic (exact) mass is 276 g/mol. The standard InChI is InChI=1S/C14H13ClN2O2/c1-9-6-7-13(19-9)10(2)16-17-14(18)11-4-3-5-12(15)8-11/h3-8H,1-2H3,(H,17,18)/b16-10+. The predicted molar refractivity (Wildman–Crippen MR) is 74.6 cm³/mol. The molecule has 1 heterocycles. The van der Waals surface area contributed by atoms with E-state index in [0.29, 0.717) is 22.1 Å². The second kappa shape index (κ2) is 5.71. The van der Waals surface area contributed by atoms with Crippen LogP contribution in [0.4, 0.5) is 0 Å². The van der Waals surface area contributed by atoms with E-state index in [2.05, 4.69) is 10.5 Å². The molecule has 0 radical (unpaired) electrons. The zero-order valence-electron chi connectivity index (χ0n) is 10.6. The van der Waals surface area contributed by atoms with E-state index in [1.807, 2.05) is 13.0 Å². The second-order valence-electron chi connectivity index (χ2n) is 4.06.